The van der Waals surface area contributed by atoms with E-state index in [0.29, 0.717) is 19.4 Å². The van der Waals surface area contributed by atoms with Crippen molar-refractivity contribution in [1.82, 2.24) is 4.90 Å². The van der Waals surface area contributed by atoms with Crippen LogP contribution in [0.3, 0.4) is 0 Å². The van der Waals surface area contributed by atoms with Crippen molar-refractivity contribution in [2.75, 3.05) is 6.54 Å². The number of hydrogen-bond acceptors (Lipinski definition) is 5. The van der Waals surface area contributed by atoms with Crippen LogP contribution < -0.4 is 0 Å². The Kier molecular flexibility index (Phi) is 9.94. The Hall–Kier alpha value is -2.03. The molecule has 0 unspecified atom stereocenters. The van der Waals surface area contributed by atoms with Crippen LogP contribution in [-0.4, -0.2) is 41.1 Å². The van der Waals surface area contributed by atoms with Gasteiger partial charge < -0.3 is 9.47 Å². The molecule has 0 aromatic heterocycles. The minimum Gasteiger partial charge on any atom is -0.462 e. The molecule has 1 heterocycles. The van der Waals surface area contributed by atoms with Crippen LogP contribution in [0.5, 0.6) is 0 Å². The van der Waals surface area contributed by atoms with Crippen molar-refractivity contribution < 1.29 is 23.9 Å². The van der Waals surface area contributed by atoms with Crippen molar-refractivity contribution in [3.05, 3.63) is 0 Å². The molecule has 22 heavy (non-hydrogen) atoms. The number of nitrogens with zero attached hydrogens (tertiary/aromatic N) is 1. The number of terminal acetylenes is 1. The summed E-state index contributed by atoms with van der Waals surface area (Å²) in [6.07, 6.45) is 8.69. The third kappa shape index (κ3) is 11.8. The van der Waals surface area contributed by atoms with E-state index in [1.54, 1.807) is 20.8 Å². The normalized spacial score (nSPS) is 14.0. The van der Waals surface area contributed by atoms with Crippen molar-refractivity contribution >= 4 is 18.5 Å². The monoisotopic (exact) mass is 313 g/mol. The van der Waals surface area contributed by atoms with Gasteiger partial charge in [-0.25, -0.2) is 9.69 Å². The van der Waals surface area contributed by atoms with Crippen molar-refractivity contribution in [2.24, 2.45) is 0 Å². The summed E-state index contributed by atoms with van der Waals surface area (Å²) in [5, 5.41) is 0. The van der Waals surface area contributed by atoms with Crippen molar-refractivity contribution in [3.8, 4) is 12.8 Å². The fraction of sp³-hybridized carbons (Fsp3) is 0.688. The molecule has 1 saturated heterocycles. The lowest BCUT2D eigenvalue weighted by atomic mass is 10.2. The van der Waals surface area contributed by atoms with Crippen molar-refractivity contribution in [3.63, 3.8) is 0 Å². The molecule has 0 N–H and O–H groups in total. The average molecular weight is 313 g/mol. The van der Waals surface area contributed by atoms with Crippen LogP contribution in [0.25, 0.3) is 0 Å². The summed E-state index contributed by atoms with van der Waals surface area (Å²) in [5.74, 6) is -0.130. The fourth-order valence-corrected chi connectivity index (χ4v) is 1.30. The number of ether oxygens (including phenoxy) is 2. The molecule has 1 aliphatic rings. The lowest BCUT2D eigenvalue weighted by Crippen LogP contribution is -2.37. The van der Waals surface area contributed by atoms with Crippen LogP contribution in [0.4, 0.5) is 4.79 Å². The number of amides is 2. The summed E-state index contributed by atoms with van der Waals surface area (Å²) in [5.41, 5.74) is -0.846. The molecule has 0 atom stereocenters. The first-order chi connectivity index (χ1) is 9.96. The van der Waals surface area contributed by atoms with Gasteiger partial charge in [0.25, 0.3) is 6.47 Å². The molecular formula is C16H27NO5. The molecule has 0 aliphatic carbocycles. The summed E-state index contributed by atoms with van der Waals surface area (Å²) in [6.45, 7) is 11.8. The lowest BCUT2D eigenvalue weighted by molar-refractivity contribution is -0.138. The lowest BCUT2D eigenvalue weighted by Gasteiger charge is -2.23. The zero-order valence-electron chi connectivity index (χ0n) is 14.3. The van der Waals surface area contributed by atoms with Crippen LogP contribution in [0, 0.1) is 12.8 Å². The zero-order chi connectivity index (χ0) is 18.0. The zero-order valence-corrected chi connectivity index (χ0v) is 14.3. The smallest absolute Gasteiger partial charge is 0.417 e. The second-order valence-electron chi connectivity index (χ2n) is 6.46. The summed E-state index contributed by atoms with van der Waals surface area (Å²) < 4.78 is 9.61. The topological polar surface area (TPSA) is 72.9 Å². The Morgan fingerprint density at radius 3 is 1.86 bits per heavy atom. The molecule has 0 saturated carbocycles. The molecule has 2 amide bonds. The van der Waals surface area contributed by atoms with E-state index < -0.39 is 11.7 Å². The van der Waals surface area contributed by atoms with Gasteiger partial charge in [0.05, 0.1) is 0 Å². The number of carbonyl (C=O) groups excluding carboxylic acids is 3. The number of likely N-dealkylation sites (tertiary alicyclic amines) is 1. The quantitative estimate of drug-likeness (QED) is 0.550. The minimum atomic E-state index is -0.528. The van der Waals surface area contributed by atoms with E-state index in [1.807, 2.05) is 20.8 Å². The molecule has 0 radical (unpaired) electrons. The van der Waals surface area contributed by atoms with Crippen LogP contribution in [0.15, 0.2) is 0 Å². The minimum absolute atomic E-state index is 0.130. The van der Waals surface area contributed by atoms with Gasteiger partial charge in [-0.2, -0.15) is 0 Å². The van der Waals surface area contributed by atoms with Crippen molar-refractivity contribution in [1.29, 1.82) is 0 Å². The number of imide groups is 1. The van der Waals surface area contributed by atoms with Crippen molar-refractivity contribution in [2.45, 2.75) is 65.6 Å². The largest absolute Gasteiger partial charge is 0.462 e. The van der Waals surface area contributed by atoms with Crippen LogP contribution in [-0.2, 0) is 19.1 Å². The average Bonchev–Trinajstić information content (AvgIpc) is 2.75. The first kappa shape index (κ1) is 22.3. The molecular weight excluding hydrogens is 286 g/mol. The highest BCUT2D eigenvalue weighted by Gasteiger charge is 2.30. The number of rotatable bonds is 1. The van der Waals surface area contributed by atoms with Gasteiger partial charge in [-0.05, 0) is 48.0 Å². The highest BCUT2D eigenvalue weighted by atomic mass is 16.6. The summed E-state index contributed by atoms with van der Waals surface area (Å²) in [7, 11) is 0. The van der Waals surface area contributed by atoms with Gasteiger partial charge in [-0.15, -0.1) is 12.8 Å². The Labute approximate surface area is 133 Å². The van der Waals surface area contributed by atoms with Gasteiger partial charge in [0, 0.05) is 13.0 Å². The predicted molar refractivity (Wildman–Crippen MR) is 84.0 cm³/mol. The predicted octanol–water partition coefficient (Wildman–Crippen LogP) is 2.75. The van der Waals surface area contributed by atoms with E-state index in [1.165, 1.54) is 4.90 Å². The molecule has 6 heteroatoms. The molecule has 6 nitrogen and oxygen atoms in total. The van der Waals surface area contributed by atoms with Crippen LogP contribution in [0.2, 0.25) is 0 Å². The van der Waals surface area contributed by atoms with Gasteiger partial charge in [-0.1, -0.05) is 0 Å². The molecule has 0 aromatic carbocycles. The molecule has 1 aliphatic heterocycles. The van der Waals surface area contributed by atoms with E-state index >= 15 is 0 Å². The van der Waals surface area contributed by atoms with Crippen LogP contribution in [0.1, 0.15) is 54.4 Å². The molecule has 126 valence electrons. The molecule has 1 fully saturated rings. The summed E-state index contributed by atoms with van der Waals surface area (Å²) in [6, 6.07) is 0. The van der Waals surface area contributed by atoms with Gasteiger partial charge in [-0.3, -0.25) is 9.59 Å². The summed E-state index contributed by atoms with van der Waals surface area (Å²) in [4.78, 5) is 33.3. The van der Waals surface area contributed by atoms with E-state index in [-0.39, 0.29) is 11.5 Å². The maximum atomic E-state index is 11.4. The first-order valence-electron chi connectivity index (χ1n) is 6.94. The van der Waals surface area contributed by atoms with Gasteiger partial charge in [0.1, 0.15) is 11.2 Å². The van der Waals surface area contributed by atoms with E-state index in [0.717, 1.165) is 6.42 Å². The number of hydrogen-bond donors (Lipinski definition) is 0. The summed E-state index contributed by atoms with van der Waals surface area (Å²) >= 11 is 0. The van der Waals surface area contributed by atoms with Gasteiger partial charge in [0.2, 0.25) is 5.91 Å². The van der Waals surface area contributed by atoms with E-state index in [9.17, 15) is 14.4 Å². The molecule has 0 spiro atoms. The first-order valence-corrected chi connectivity index (χ1v) is 6.94. The van der Waals surface area contributed by atoms with E-state index in [4.69, 9.17) is 4.74 Å². The third-order valence-electron chi connectivity index (χ3n) is 2.09. The highest BCUT2D eigenvalue weighted by molar-refractivity contribution is 5.93. The molecule has 1 rings (SSSR count). The standard InChI is InChI=1S/C9H15NO3.C5H10O2.C2H2/c1-9(2,3)13-8(12)10-6-4-5-7(10)11;1-5(2,3)7-4-6;1-2/h4-6H2,1-3H3;4H,1-3H3;1-2H. The Bertz CT molecular complexity index is 388. The fourth-order valence-electron chi connectivity index (χ4n) is 1.30. The Morgan fingerprint density at radius 2 is 1.64 bits per heavy atom. The second-order valence-corrected chi connectivity index (χ2v) is 6.46. The van der Waals surface area contributed by atoms with Crippen LogP contribution >= 0.6 is 0 Å². The van der Waals surface area contributed by atoms with E-state index in [2.05, 4.69) is 17.6 Å². The molecule has 0 bridgehead atoms. The molecule has 0 aromatic rings. The van der Waals surface area contributed by atoms with Gasteiger partial charge in [0.15, 0.2) is 0 Å². The maximum absolute atomic E-state index is 11.4. The maximum Gasteiger partial charge on any atom is 0.417 e. The Morgan fingerprint density at radius 1 is 1.14 bits per heavy atom. The van der Waals surface area contributed by atoms with Gasteiger partial charge >= 0.3 is 6.09 Å². The number of carbonyl (C=O) groups is 3. The SMILES string of the molecule is C#C.CC(C)(C)OC(=O)N1CCCC1=O.CC(C)(C)OC=O. The Balaban J connectivity index is 0. The highest BCUT2D eigenvalue weighted by Crippen LogP contribution is 2.15. The second kappa shape index (κ2) is 9.82. The third-order valence-corrected chi connectivity index (χ3v) is 2.09.